The quantitative estimate of drug-likeness (QED) is 0.644. The molecule has 12 heavy (non-hydrogen) atoms. The summed E-state index contributed by atoms with van der Waals surface area (Å²) in [6.45, 7) is 0.564. The maximum atomic E-state index is 12.9. The van der Waals surface area contributed by atoms with Crippen molar-refractivity contribution in [1.82, 2.24) is 0 Å². The van der Waals surface area contributed by atoms with Crippen LogP contribution in [0, 0.1) is 6.07 Å². The summed E-state index contributed by atoms with van der Waals surface area (Å²) in [7, 11) is 0. The van der Waals surface area contributed by atoms with Crippen LogP contribution in [0.25, 0.3) is 0 Å². The van der Waals surface area contributed by atoms with Gasteiger partial charge in [-0.3, -0.25) is 0 Å². The van der Waals surface area contributed by atoms with Gasteiger partial charge >= 0.3 is 0 Å². The predicted molar refractivity (Wildman–Crippen MR) is 39.7 cm³/mol. The molecular weight excluding hydrogens is 165 g/mol. The van der Waals surface area contributed by atoms with Gasteiger partial charge in [0.05, 0.1) is 0 Å². The molecule has 0 nitrogen and oxygen atoms in total. The average molecular weight is 173 g/mol. The van der Waals surface area contributed by atoms with Crippen LogP contribution in [0.2, 0.25) is 0 Å². The molecule has 1 radical (unpaired) electrons. The lowest BCUT2D eigenvalue weighted by Gasteiger charge is -2.15. The van der Waals surface area contributed by atoms with Crippen LogP contribution in [-0.2, 0) is 0 Å². The van der Waals surface area contributed by atoms with Gasteiger partial charge in [-0.15, -0.1) is 0 Å². The van der Waals surface area contributed by atoms with Gasteiger partial charge < -0.3 is 0 Å². The van der Waals surface area contributed by atoms with E-state index in [1.165, 1.54) is 24.3 Å². The Morgan fingerprint density at radius 2 is 1.83 bits per heavy atom. The molecule has 3 heteroatoms. The first-order valence-corrected chi connectivity index (χ1v) is 3.49. The van der Waals surface area contributed by atoms with Gasteiger partial charge in [0.2, 0.25) is 0 Å². The van der Waals surface area contributed by atoms with Crippen LogP contribution in [0.3, 0.4) is 0 Å². The minimum atomic E-state index is -3.32. The highest BCUT2D eigenvalue weighted by Gasteiger charge is 2.35. The van der Waals surface area contributed by atoms with Crippen LogP contribution in [0.4, 0.5) is 13.2 Å². The molecule has 1 unspecified atom stereocenters. The summed E-state index contributed by atoms with van der Waals surface area (Å²) in [5.74, 6) is -3.32. The SMILES string of the molecule is CC(F)(F)C(F)c1cc[c]cc1. The minimum Gasteiger partial charge on any atom is -0.236 e. The molecule has 1 aromatic rings. The molecule has 0 amide bonds. The fourth-order valence-corrected chi connectivity index (χ4v) is 0.861. The predicted octanol–water partition coefficient (Wildman–Crippen LogP) is 3.15. The van der Waals surface area contributed by atoms with E-state index in [0.717, 1.165) is 0 Å². The van der Waals surface area contributed by atoms with E-state index in [-0.39, 0.29) is 5.56 Å². The molecule has 0 spiro atoms. The van der Waals surface area contributed by atoms with E-state index in [1.807, 2.05) is 0 Å². The number of halogens is 3. The zero-order chi connectivity index (χ0) is 9.19. The second kappa shape index (κ2) is 3.17. The monoisotopic (exact) mass is 173 g/mol. The Hall–Kier alpha value is -0.990. The van der Waals surface area contributed by atoms with Crippen LogP contribution in [-0.4, -0.2) is 5.92 Å². The van der Waals surface area contributed by atoms with Crippen molar-refractivity contribution in [3.63, 3.8) is 0 Å². The minimum absolute atomic E-state index is 0.0127. The molecule has 1 aromatic carbocycles. The van der Waals surface area contributed by atoms with Crippen molar-refractivity contribution in [2.75, 3.05) is 0 Å². The van der Waals surface area contributed by atoms with Gasteiger partial charge in [-0.2, -0.15) is 0 Å². The van der Waals surface area contributed by atoms with Gasteiger partial charge in [-0.1, -0.05) is 24.3 Å². The topological polar surface area (TPSA) is 0 Å². The molecule has 1 atom stereocenters. The Balaban J connectivity index is 2.86. The van der Waals surface area contributed by atoms with Gasteiger partial charge in [0.15, 0.2) is 6.17 Å². The lowest BCUT2D eigenvalue weighted by atomic mass is 10.1. The zero-order valence-corrected chi connectivity index (χ0v) is 6.52. The molecular formula is C9H8F3. The number of hydrogen-bond acceptors (Lipinski definition) is 0. The Bertz CT molecular complexity index is 238. The fraction of sp³-hybridized carbons (Fsp3) is 0.333. The third-order valence-electron chi connectivity index (χ3n) is 1.48. The summed E-state index contributed by atoms with van der Waals surface area (Å²) < 4.78 is 37.7. The van der Waals surface area contributed by atoms with E-state index < -0.39 is 12.1 Å². The maximum absolute atomic E-state index is 12.9. The Kier molecular flexibility index (Phi) is 2.40. The normalized spacial score (nSPS) is 14.3. The molecule has 0 fully saturated rings. The first-order valence-electron chi connectivity index (χ1n) is 3.49. The Morgan fingerprint density at radius 3 is 2.25 bits per heavy atom. The third kappa shape index (κ3) is 2.00. The van der Waals surface area contributed by atoms with Crippen molar-refractivity contribution in [2.24, 2.45) is 0 Å². The van der Waals surface area contributed by atoms with E-state index in [9.17, 15) is 13.2 Å². The van der Waals surface area contributed by atoms with Crippen LogP contribution < -0.4 is 0 Å². The molecule has 0 N–H and O–H groups in total. The number of rotatable bonds is 2. The number of alkyl halides is 3. The molecule has 0 aliphatic heterocycles. The highest BCUT2D eigenvalue weighted by atomic mass is 19.3. The van der Waals surface area contributed by atoms with Crippen molar-refractivity contribution < 1.29 is 13.2 Å². The molecule has 0 aliphatic rings. The zero-order valence-electron chi connectivity index (χ0n) is 6.52. The Morgan fingerprint density at radius 1 is 1.33 bits per heavy atom. The van der Waals surface area contributed by atoms with Crippen molar-refractivity contribution in [3.05, 3.63) is 35.9 Å². The van der Waals surface area contributed by atoms with Crippen LogP contribution in [0.5, 0.6) is 0 Å². The van der Waals surface area contributed by atoms with E-state index in [0.29, 0.717) is 6.92 Å². The summed E-state index contributed by atoms with van der Waals surface area (Å²) in [5, 5.41) is 0. The van der Waals surface area contributed by atoms with E-state index in [4.69, 9.17) is 0 Å². The summed E-state index contributed by atoms with van der Waals surface area (Å²) in [6, 6.07) is 8.04. The Labute approximate surface area is 69.0 Å². The third-order valence-corrected chi connectivity index (χ3v) is 1.48. The molecule has 0 saturated carbocycles. The second-order valence-corrected chi connectivity index (χ2v) is 2.65. The molecule has 1 rings (SSSR count). The van der Waals surface area contributed by atoms with Crippen LogP contribution in [0.15, 0.2) is 24.3 Å². The summed E-state index contributed by atoms with van der Waals surface area (Å²) >= 11 is 0. The number of hydrogen-bond donors (Lipinski definition) is 0. The van der Waals surface area contributed by atoms with Crippen molar-refractivity contribution in [3.8, 4) is 0 Å². The average Bonchev–Trinajstić information content (AvgIpc) is 2.03. The van der Waals surface area contributed by atoms with Crippen molar-refractivity contribution in [2.45, 2.75) is 19.0 Å². The van der Waals surface area contributed by atoms with Crippen LogP contribution >= 0.6 is 0 Å². The van der Waals surface area contributed by atoms with Crippen LogP contribution in [0.1, 0.15) is 18.7 Å². The van der Waals surface area contributed by atoms with Gasteiger partial charge in [0, 0.05) is 6.92 Å². The van der Waals surface area contributed by atoms with E-state index in [1.54, 1.807) is 0 Å². The van der Waals surface area contributed by atoms with E-state index in [2.05, 4.69) is 6.07 Å². The van der Waals surface area contributed by atoms with Gasteiger partial charge in [0.25, 0.3) is 5.92 Å². The molecule has 0 aromatic heterocycles. The van der Waals surface area contributed by atoms with Gasteiger partial charge in [-0.25, -0.2) is 13.2 Å². The maximum Gasteiger partial charge on any atom is 0.280 e. The lowest BCUT2D eigenvalue weighted by molar-refractivity contribution is -0.0566. The molecule has 0 aliphatic carbocycles. The summed E-state index contributed by atoms with van der Waals surface area (Å²) in [6.07, 6.45) is -2.23. The highest BCUT2D eigenvalue weighted by Crippen LogP contribution is 2.33. The molecule has 0 saturated heterocycles. The van der Waals surface area contributed by atoms with E-state index >= 15 is 0 Å². The molecule has 65 valence electrons. The second-order valence-electron chi connectivity index (χ2n) is 2.65. The lowest BCUT2D eigenvalue weighted by Crippen LogP contribution is -2.18. The summed E-state index contributed by atoms with van der Waals surface area (Å²) in [4.78, 5) is 0. The molecule has 0 bridgehead atoms. The summed E-state index contributed by atoms with van der Waals surface area (Å²) in [5.41, 5.74) is -0.0127. The van der Waals surface area contributed by atoms with Gasteiger partial charge in [0.1, 0.15) is 0 Å². The largest absolute Gasteiger partial charge is 0.280 e. The first-order chi connectivity index (χ1) is 5.52. The smallest absolute Gasteiger partial charge is 0.236 e. The van der Waals surface area contributed by atoms with Gasteiger partial charge in [-0.05, 0) is 11.6 Å². The van der Waals surface area contributed by atoms with Crippen molar-refractivity contribution >= 4 is 0 Å². The number of benzene rings is 1. The highest BCUT2D eigenvalue weighted by molar-refractivity contribution is 5.18. The van der Waals surface area contributed by atoms with Crippen molar-refractivity contribution in [1.29, 1.82) is 0 Å². The fourth-order valence-electron chi connectivity index (χ4n) is 0.861. The first kappa shape index (κ1) is 9.10. The molecule has 0 heterocycles. The standard InChI is InChI=1S/C9H8F3/c1-9(11,12)8(10)7-5-3-2-4-6-7/h3-6,8H,1H3.